The lowest BCUT2D eigenvalue weighted by Crippen LogP contribution is -2.56. The molecule has 82 valence electrons. The first-order valence-corrected chi connectivity index (χ1v) is 5.39. The highest BCUT2D eigenvalue weighted by Crippen LogP contribution is 2.20. The molecule has 0 aliphatic rings. The lowest BCUT2D eigenvalue weighted by Gasteiger charge is -2.40. The van der Waals surface area contributed by atoms with Gasteiger partial charge in [0.1, 0.15) is 0 Å². The molecule has 0 aliphatic carbocycles. The van der Waals surface area contributed by atoms with Gasteiger partial charge in [-0.3, -0.25) is 0 Å². The molecule has 0 rings (SSSR count). The molecule has 14 heavy (non-hydrogen) atoms. The fourth-order valence-electron chi connectivity index (χ4n) is 1.53. The molecule has 2 atom stereocenters. The van der Waals surface area contributed by atoms with Crippen molar-refractivity contribution in [1.29, 1.82) is 0 Å². The van der Waals surface area contributed by atoms with Crippen LogP contribution in [0.25, 0.3) is 0 Å². The summed E-state index contributed by atoms with van der Waals surface area (Å²) >= 11 is 0. The number of nitrogens with zero attached hydrogens (tertiary/aromatic N) is 1. The maximum Gasteiger partial charge on any atom is 0.0870 e. The van der Waals surface area contributed by atoms with Crippen molar-refractivity contribution >= 4 is 0 Å². The van der Waals surface area contributed by atoms with Crippen LogP contribution in [0.3, 0.4) is 0 Å². The van der Waals surface area contributed by atoms with E-state index in [-0.39, 0.29) is 11.6 Å². The topological polar surface area (TPSA) is 15.3 Å². The van der Waals surface area contributed by atoms with Crippen molar-refractivity contribution < 1.29 is 0 Å². The minimum Gasteiger partial charge on any atom is -0.302 e. The SMILES string of the molecule is C#CC(NCCC)C(C)(CC)N(C)C. The molecule has 0 spiro atoms. The van der Waals surface area contributed by atoms with E-state index >= 15 is 0 Å². The lowest BCUT2D eigenvalue weighted by atomic mass is 9.88. The zero-order valence-electron chi connectivity index (χ0n) is 10.2. The van der Waals surface area contributed by atoms with Gasteiger partial charge in [-0.1, -0.05) is 19.8 Å². The molecule has 0 heterocycles. The summed E-state index contributed by atoms with van der Waals surface area (Å²) in [4.78, 5) is 2.21. The molecule has 0 aromatic rings. The highest BCUT2D eigenvalue weighted by molar-refractivity contribution is 5.11. The summed E-state index contributed by atoms with van der Waals surface area (Å²) in [5.74, 6) is 2.86. The van der Waals surface area contributed by atoms with Gasteiger partial charge in [0.05, 0.1) is 6.04 Å². The molecular formula is C12H24N2. The number of terminal acetylenes is 1. The van der Waals surface area contributed by atoms with Crippen LogP contribution in [-0.4, -0.2) is 37.1 Å². The number of likely N-dealkylation sites (N-methyl/N-ethyl adjacent to an activating group) is 1. The van der Waals surface area contributed by atoms with Gasteiger partial charge < -0.3 is 10.2 Å². The highest BCUT2D eigenvalue weighted by Gasteiger charge is 2.32. The van der Waals surface area contributed by atoms with Gasteiger partial charge in [-0.25, -0.2) is 0 Å². The standard InChI is InChI=1S/C12H24N2/c1-7-10-13-11(8-2)12(4,9-3)14(5)6/h2,11,13H,7,9-10H2,1,3-6H3. The minimum absolute atomic E-state index is 0.0456. The predicted octanol–water partition coefficient (Wildman–Crippen LogP) is 1.72. The number of nitrogens with one attached hydrogen (secondary N) is 1. The smallest absolute Gasteiger partial charge is 0.0870 e. The molecule has 0 radical (unpaired) electrons. The molecule has 0 aliphatic heterocycles. The van der Waals surface area contributed by atoms with Crippen LogP contribution in [0.5, 0.6) is 0 Å². The van der Waals surface area contributed by atoms with Crippen LogP contribution < -0.4 is 5.32 Å². The second-order valence-electron chi connectivity index (χ2n) is 4.16. The van der Waals surface area contributed by atoms with Crippen molar-refractivity contribution in [2.45, 2.75) is 45.2 Å². The Morgan fingerprint density at radius 2 is 2.00 bits per heavy atom. The maximum absolute atomic E-state index is 5.57. The normalized spacial score (nSPS) is 17.5. The van der Waals surface area contributed by atoms with E-state index in [0.717, 1.165) is 19.4 Å². The van der Waals surface area contributed by atoms with E-state index in [0.29, 0.717) is 0 Å². The number of hydrogen-bond donors (Lipinski definition) is 1. The summed E-state index contributed by atoms with van der Waals surface area (Å²) in [6.45, 7) is 7.52. The molecule has 0 amide bonds. The molecule has 2 unspecified atom stereocenters. The van der Waals surface area contributed by atoms with Crippen LogP contribution in [0.15, 0.2) is 0 Å². The first kappa shape index (κ1) is 13.5. The van der Waals surface area contributed by atoms with Crippen LogP contribution in [0.4, 0.5) is 0 Å². The summed E-state index contributed by atoms with van der Waals surface area (Å²) in [7, 11) is 4.17. The third kappa shape index (κ3) is 3.01. The molecule has 0 saturated carbocycles. The van der Waals surface area contributed by atoms with Gasteiger partial charge in [-0.05, 0) is 40.4 Å². The number of hydrogen-bond acceptors (Lipinski definition) is 2. The summed E-state index contributed by atoms with van der Waals surface area (Å²) in [5.41, 5.74) is 0.0456. The first-order chi connectivity index (χ1) is 6.52. The lowest BCUT2D eigenvalue weighted by molar-refractivity contribution is 0.137. The third-order valence-electron chi connectivity index (χ3n) is 3.12. The molecular weight excluding hydrogens is 172 g/mol. The van der Waals surface area contributed by atoms with Gasteiger partial charge in [0.15, 0.2) is 0 Å². The van der Waals surface area contributed by atoms with Crippen LogP contribution in [-0.2, 0) is 0 Å². The van der Waals surface area contributed by atoms with Gasteiger partial charge in [0.2, 0.25) is 0 Å². The predicted molar refractivity (Wildman–Crippen MR) is 63.3 cm³/mol. The molecule has 1 N–H and O–H groups in total. The van der Waals surface area contributed by atoms with E-state index in [2.05, 4.69) is 51.0 Å². The molecule has 0 aromatic heterocycles. The molecule has 0 saturated heterocycles. The zero-order chi connectivity index (χ0) is 11.2. The van der Waals surface area contributed by atoms with E-state index in [1.165, 1.54) is 0 Å². The Morgan fingerprint density at radius 3 is 2.29 bits per heavy atom. The second-order valence-corrected chi connectivity index (χ2v) is 4.16. The number of rotatable bonds is 6. The minimum atomic E-state index is 0.0456. The zero-order valence-corrected chi connectivity index (χ0v) is 10.2. The van der Waals surface area contributed by atoms with Crippen molar-refractivity contribution in [3.8, 4) is 12.3 Å². The monoisotopic (exact) mass is 196 g/mol. The summed E-state index contributed by atoms with van der Waals surface area (Å²) < 4.78 is 0. The fraction of sp³-hybridized carbons (Fsp3) is 0.833. The van der Waals surface area contributed by atoms with Crippen molar-refractivity contribution in [3.05, 3.63) is 0 Å². The average molecular weight is 196 g/mol. The summed E-state index contributed by atoms with van der Waals surface area (Å²) in [6, 6.07) is 0.127. The molecule has 0 fully saturated rings. The Balaban J connectivity index is 4.53. The Labute approximate surface area is 89.1 Å². The molecule has 2 nitrogen and oxygen atoms in total. The first-order valence-electron chi connectivity index (χ1n) is 5.39. The fourth-order valence-corrected chi connectivity index (χ4v) is 1.53. The van der Waals surface area contributed by atoms with Gasteiger partial charge >= 0.3 is 0 Å². The van der Waals surface area contributed by atoms with Crippen LogP contribution in [0.1, 0.15) is 33.6 Å². The second kappa shape index (κ2) is 6.06. The van der Waals surface area contributed by atoms with E-state index < -0.39 is 0 Å². The van der Waals surface area contributed by atoms with E-state index in [1.807, 2.05) is 0 Å². The Kier molecular flexibility index (Phi) is 5.83. The van der Waals surface area contributed by atoms with Crippen LogP contribution in [0, 0.1) is 12.3 Å². The van der Waals surface area contributed by atoms with Crippen molar-refractivity contribution in [2.75, 3.05) is 20.6 Å². The van der Waals surface area contributed by atoms with Crippen LogP contribution in [0.2, 0.25) is 0 Å². The molecule has 0 aromatic carbocycles. The molecule has 0 bridgehead atoms. The van der Waals surface area contributed by atoms with Crippen molar-refractivity contribution in [2.24, 2.45) is 0 Å². The highest BCUT2D eigenvalue weighted by atomic mass is 15.2. The average Bonchev–Trinajstić information content (AvgIpc) is 2.18. The van der Waals surface area contributed by atoms with Crippen molar-refractivity contribution in [1.82, 2.24) is 10.2 Å². The quantitative estimate of drug-likeness (QED) is 0.651. The van der Waals surface area contributed by atoms with Crippen molar-refractivity contribution in [3.63, 3.8) is 0 Å². The maximum atomic E-state index is 5.57. The van der Waals surface area contributed by atoms with Gasteiger partial charge in [-0.2, -0.15) is 0 Å². The van der Waals surface area contributed by atoms with E-state index in [1.54, 1.807) is 0 Å². The van der Waals surface area contributed by atoms with Gasteiger partial charge in [0.25, 0.3) is 0 Å². The largest absolute Gasteiger partial charge is 0.302 e. The Bertz CT molecular complexity index is 193. The van der Waals surface area contributed by atoms with Crippen LogP contribution >= 0.6 is 0 Å². The Morgan fingerprint density at radius 1 is 1.43 bits per heavy atom. The van der Waals surface area contributed by atoms with Gasteiger partial charge in [0, 0.05) is 5.54 Å². The third-order valence-corrected chi connectivity index (χ3v) is 3.12. The molecule has 2 heteroatoms. The summed E-state index contributed by atoms with van der Waals surface area (Å²) in [6.07, 6.45) is 7.74. The van der Waals surface area contributed by atoms with E-state index in [9.17, 15) is 0 Å². The summed E-state index contributed by atoms with van der Waals surface area (Å²) in [5, 5.41) is 3.41. The Hall–Kier alpha value is -0.520. The van der Waals surface area contributed by atoms with Gasteiger partial charge in [-0.15, -0.1) is 6.42 Å². The van der Waals surface area contributed by atoms with E-state index in [4.69, 9.17) is 6.42 Å².